The van der Waals surface area contributed by atoms with Crippen LogP contribution in [0.2, 0.25) is 10.0 Å². The molecule has 0 aromatic heterocycles. The van der Waals surface area contributed by atoms with Crippen molar-refractivity contribution in [2.75, 3.05) is 6.54 Å². The lowest BCUT2D eigenvalue weighted by Gasteiger charge is -2.17. The van der Waals surface area contributed by atoms with Gasteiger partial charge in [0.05, 0.1) is 16.1 Å². The highest BCUT2D eigenvalue weighted by molar-refractivity contribution is 6.42. The highest BCUT2D eigenvalue weighted by atomic mass is 35.5. The van der Waals surface area contributed by atoms with Crippen molar-refractivity contribution >= 4 is 29.1 Å². The Morgan fingerprint density at radius 2 is 1.71 bits per heavy atom. The Morgan fingerprint density at radius 1 is 1.11 bits per heavy atom. The third kappa shape index (κ3) is 6.78. The lowest BCUT2D eigenvalue weighted by atomic mass is 10.1. The van der Waals surface area contributed by atoms with Crippen LogP contribution < -0.4 is 14.8 Å². The smallest absolute Gasteiger partial charge is 0.481 e. The second kappa shape index (κ2) is 9.36. The van der Waals surface area contributed by atoms with Crippen molar-refractivity contribution in [3.63, 3.8) is 0 Å². The van der Waals surface area contributed by atoms with Crippen molar-refractivity contribution in [3.05, 3.63) is 58.1 Å². The summed E-state index contributed by atoms with van der Waals surface area (Å²) in [7, 11) is 0. The number of hydrogen-bond donors (Lipinski definition) is 2. The first-order valence-electron chi connectivity index (χ1n) is 7.98. The molecule has 0 saturated carbocycles. The zero-order valence-corrected chi connectivity index (χ0v) is 16.0. The van der Waals surface area contributed by atoms with E-state index in [0.717, 1.165) is 12.1 Å². The molecule has 2 aromatic rings. The minimum Gasteiger partial charge on any atom is -0.481 e. The zero-order valence-electron chi connectivity index (χ0n) is 14.5. The van der Waals surface area contributed by atoms with Crippen LogP contribution in [-0.4, -0.2) is 30.0 Å². The first-order valence-corrected chi connectivity index (χ1v) is 8.74. The van der Waals surface area contributed by atoms with Crippen LogP contribution in [0.25, 0.3) is 0 Å². The molecule has 0 aliphatic carbocycles. The van der Waals surface area contributed by atoms with Crippen molar-refractivity contribution < 1.29 is 32.5 Å². The fourth-order valence-corrected chi connectivity index (χ4v) is 2.45. The maximum absolute atomic E-state index is 12.1. The molecule has 152 valence electrons. The van der Waals surface area contributed by atoms with E-state index in [2.05, 4.69) is 10.1 Å². The van der Waals surface area contributed by atoms with Gasteiger partial charge in [-0.15, -0.1) is 13.2 Å². The summed E-state index contributed by atoms with van der Waals surface area (Å²) in [6.07, 6.45) is -6.80. The highest BCUT2D eigenvalue weighted by Gasteiger charge is 2.31. The van der Waals surface area contributed by atoms with Gasteiger partial charge >= 0.3 is 6.36 Å². The highest BCUT2D eigenvalue weighted by Crippen LogP contribution is 2.27. The molecular formula is C18H16Cl2F3NO4. The van der Waals surface area contributed by atoms with Gasteiger partial charge in [-0.1, -0.05) is 35.3 Å². The second-order valence-corrected chi connectivity index (χ2v) is 6.53. The van der Waals surface area contributed by atoms with Gasteiger partial charge in [-0.25, -0.2) is 0 Å². The molecular weight excluding hydrogens is 422 g/mol. The topological polar surface area (TPSA) is 67.8 Å². The van der Waals surface area contributed by atoms with Crippen LogP contribution in [0.1, 0.15) is 18.6 Å². The molecule has 0 aliphatic rings. The van der Waals surface area contributed by atoms with Gasteiger partial charge in [0.2, 0.25) is 0 Å². The lowest BCUT2D eigenvalue weighted by molar-refractivity contribution is -0.274. The van der Waals surface area contributed by atoms with Crippen molar-refractivity contribution in [1.82, 2.24) is 5.32 Å². The van der Waals surface area contributed by atoms with Crippen LogP contribution in [0.5, 0.6) is 11.5 Å². The average Bonchev–Trinajstić information content (AvgIpc) is 2.61. The molecule has 0 radical (unpaired) electrons. The number of carbonyl (C=O) groups is 1. The Labute approximate surface area is 169 Å². The molecule has 2 rings (SSSR count). The second-order valence-electron chi connectivity index (χ2n) is 5.71. The fourth-order valence-electron chi connectivity index (χ4n) is 2.16. The summed E-state index contributed by atoms with van der Waals surface area (Å²) in [5.74, 6) is -0.559. The number of aliphatic hydroxyl groups is 1. The molecule has 2 N–H and O–H groups in total. The van der Waals surface area contributed by atoms with E-state index in [1.807, 2.05) is 0 Å². The number of benzene rings is 2. The SMILES string of the molecule is CC(Oc1ccc(Cl)c(Cl)c1)C(=O)NCC(O)c1ccc(OC(F)(F)F)cc1. The van der Waals surface area contributed by atoms with Crippen LogP contribution in [-0.2, 0) is 4.79 Å². The Kier molecular flexibility index (Phi) is 7.40. The third-order valence-corrected chi connectivity index (χ3v) is 4.28. The van der Waals surface area contributed by atoms with E-state index in [4.69, 9.17) is 27.9 Å². The van der Waals surface area contributed by atoms with E-state index in [-0.39, 0.29) is 11.6 Å². The minimum absolute atomic E-state index is 0.159. The summed E-state index contributed by atoms with van der Waals surface area (Å²) in [5.41, 5.74) is 0.313. The number of halogens is 5. The van der Waals surface area contributed by atoms with Gasteiger partial charge in [0.15, 0.2) is 6.10 Å². The van der Waals surface area contributed by atoms with Gasteiger partial charge in [0, 0.05) is 12.6 Å². The molecule has 2 unspecified atom stereocenters. The molecule has 2 aromatic carbocycles. The number of carbonyl (C=O) groups excluding carboxylic acids is 1. The summed E-state index contributed by atoms with van der Waals surface area (Å²) < 4.78 is 45.6. The maximum Gasteiger partial charge on any atom is 0.573 e. The lowest BCUT2D eigenvalue weighted by Crippen LogP contribution is -2.38. The number of rotatable bonds is 7. The van der Waals surface area contributed by atoms with Crippen molar-refractivity contribution in [3.8, 4) is 11.5 Å². The fraction of sp³-hybridized carbons (Fsp3) is 0.278. The standard InChI is InChI=1S/C18H16Cl2F3NO4/c1-10(27-13-6-7-14(19)15(20)8-13)17(26)24-9-16(25)11-2-4-12(5-3-11)28-18(21,22)23/h2-8,10,16,25H,9H2,1H3,(H,24,26). The molecule has 5 nitrogen and oxygen atoms in total. The molecule has 0 spiro atoms. The average molecular weight is 438 g/mol. The van der Waals surface area contributed by atoms with Crippen LogP contribution >= 0.6 is 23.2 Å². The number of hydrogen-bond acceptors (Lipinski definition) is 4. The number of amides is 1. The van der Waals surface area contributed by atoms with E-state index < -0.39 is 30.2 Å². The van der Waals surface area contributed by atoms with E-state index in [1.165, 1.54) is 31.2 Å². The molecule has 28 heavy (non-hydrogen) atoms. The molecule has 10 heteroatoms. The predicted octanol–water partition coefficient (Wildman–Crippen LogP) is 4.51. The van der Waals surface area contributed by atoms with Crippen LogP contribution in [0, 0.1) is 0 Å². The van der Waals surface area contributed by atoms with E-state index >= 15 is 0 Å². The summed E-state index contributed by atoms with van der Waals surface area (Å²) >= 11 is 11.7. The summed E-state index contributed by atoms with van der Waals surface area (Å²) in [4.78, 5) is 12.1. The Balaban J connectivity index is 1.86. The van der Waals surface area contributed by atoms with E-state index in [0.29, 0.717) is 16.3 Å². The van der Waals surface area contributed by atoms with Crippen LogP contribution in [0.15, 0.2) is 42.5 Å². The molecule has 0 saturated heterocycles. The number of alkyl halides is 3. The van der Waals surface area contributed by atoms with Crippen LogP contribution in [0.4, 0.5) is 13.2 Å². The number of nitrogens with one attached hydrogen (secondary N) is 1. The first kappa shape index (κ1) is 22.1. The summed E-state index contributed by atoms with van der Waals surface area (Å²) in [6.45, 7) is 1.35. The van der Waals surface area contributed by atoms with Gasteiger partial charge in [0.25, 0.3) is 5.91 Å². The molecule has 0 fully saturated rings. The summed E-state index contributed by atoms with van der Waals surface area (Å²) in [5, 5.41) is 13.2. The minimum atomic E-state index is -4.79. The largest absolute Gasteiger partial charge is 0.573 e. The van der Waals surface area contributed by atoms with Crippen LogP contribution in [0.3, 0.4) is 0 Å². The first-order chi connectivity index (χ1) is 13.0. The summed E-state index contributed by atoms with van der Waals surface area (Å²) in [6, 6.07) is 9.24. The van der Waals surface area contributed by atoms with E-state index in [1.54, 1.807) is 6.07 Å². The molecule has 2 atom stereocenters. The van der Waals surface area contributed by atoms with Gasteiger partial charge < -0.3 is 19.9 Å². The van der Waals surface area contributed by atoms with Crippen molar-refractivity contribution in [2.45, 2.75) is 25.5 Å². The number of ether oxygens (including phenoxy) is 2. The number of aliphatic hydroxyl groups excluding tert-OH is 1. The zero-order chi connectivity index (χ0) is 20.9. The predicted molar refractivity (Wildman–Crippen MR) is 97.6 cm³/mol. The Bertz CT molecular complexity index is 815. The van der Waals surface area contributed by atoms with E-state index in [9.17, 15) is 23.1 Å². The quantitative estimate of drug-likeness (QED) is 0.668. The van der Waals surface area contributed by atoms with Gasteiger partial charge in [-0.3, -0.25) is 4.79 Å². The molecule has 1 amide bonds. The molecule has 0 heterocycles. The molecule has 0 bridgehead atoms. The molecule has 0 aliphatic heterocycles. The van der Waals surface area contributed by atoms with Gasteiger partial charge in [-0.05, 0) is 36.8 Å². The normalized spacial score (nSPS) is 13.5. The third-order valence-electron chi connectivity index (χ3n) is 3.54. The van der Waals surface area contributed by atoms with Gasteiger partial charge in [-0.2, -0.15) is 0 Å². The Hall–Kier alpha value is -2.16. The van der Waals surface area contributed by atoms with Crippen molar-refractivity contribution in [1.29, 1.82) is 0 Å². The Morgan fingerprint density at radius 3 is 2.29 bits per heavy atom. The van der Waals surface area contributed by atoms with Gasteiger partial charge in [0.1, 0.15) is 11.5 Å². The maximum atomic E-state index is 12.1. The monoisotopic (exact) mass is 437 g/mol. The van der Waals surface area contributed by atoms with Crippen molar-refractivity contribution in [2.24, 2.45) is 0 Å².